The van der Waals surface area contributed by atoms with E-state index in [0.29, 0.717) is 49.8 Å². The maximum absolute atomic E-state index is 13.0. The molecule has 0 saturated carbocycles. The van der Waals surface area contributed by atoms with Crippen LogP contribution in [0.15, 0.2) is 29.4 Å². The number of piperazine rings is 1. The summed E-state index contributed by atoms with van der Waals surface area (Å²) in [6.45, 7) is 2.39. The number of sulfone groups is 1. The fourth-order valence-electron chi connectivity index (χ4n) is 4.02. The molecule has 2 saturated heterocycles. The summed E-state index contributed by atoms with van der Waals surface area (Å²) in [5, 5.41) is 6.21. The van der Waals surface area contributed by atoms with E-state index in [1.807, 2.05) is 24.3 Å². The summed E-state index contributed by atoms with van der Waals surface area (Å²) >= 11 is 6.27. The Bertz CT molecular complexity index is 957. The van der Waals surface area contributed by atoms with Crippen LogP contribution in [0, 0.1) is 0 Å². The van der Waals surface area contributed by atoms with E-state index in [9.17, 15) is 18.0 Å². The zero-order chi connectivity index (χ0) is 20.6. The molecule has 0 aromatic heterocycles. The first-order valence-corrected chi connectivity index (χ1v) is 11.9. The Labute approximate surface area is 175 Å². The number of carbonyl (C=O) groups is 2. The van der Waals surface area contributed by atoms with Crippen LogP contribution in [0.2, 0.25) is 5.02 Å². The highest BCUT2D eigenvalue weighted by Crippen LogP contribution is 2.27. The molecule has 0 bridgehead atoms. The lowest BCUT2D eigenvalue weighted by Gasteiger charge is -2.37. The lowest BCUT2D eigenvalue weighted by atomic mass is 10.1. The zero-order valence-corrected chi connectivity index (χ0v) is 17.5. The number of benzene rings is 1. The Morgan fingerprint density at radius 3 is 2.48 bits per heavy atom. The monoisotopic (exact) mass is 438 g/mol. The Kier molecular flexibility index (Phi) is 5.52. The zero-order valence-electron chi connectivity index (χ0n) is 16.0. The van der Waals surface area contributed by atoms with Gasteiger partial charge >= 0.3 is 0 Å². The largest absolute Gasteiger partial charge is 0.367 e. The molecule has 1 aromatic carbocycles. The van der Waals surface area contributed by atoms with E-state index in [2.05, 4.69) is 10.0 Å². The topological polar surface area (TPSA) is 90.4 Å². The Hall–Kier alpha value is -2.13. The van der Waals surface area contributed by atoms with Crippen molar-refractivity contribution in [2.24, 2.45) is 5.10 Å². The average Bonchev–Trinajstić information content (AvgIpc) is 3.08. The first-order chi connectivity index (χ1) is 13.8. The van der Waals surface area contributed by atoms with Gasteiger partial charge in [0.25, 0.3) is 5.91 Å². The van der Waals surface area contributed by atoms with Crippen LogP contribution in [-0.4, -0.2) is 79.6 Å². The number of carbonyl (C=O) groups excluding carboxylic acids is 2. The predicted molar refractivity (Wildman–Crippen MR) is 111 cm³/mol. The molecule has 29 heavy (non-hydrogen) atoms. The lowest BCUT2D eigenvalue weighted by molar-refractivity contribution is -0.134. The third-order valence-electron chi connectivity index (χ3n) is 5.62. The molecule has 3 aliphatic rings. The van der Waals surface area contributed by atoms with Crippen molar-refractivity contribution in [3.8, 4) is 0 Å². The van der Waals surface area contributed by atoms with Crippen LogP contribution in [-0.2, 0) is 19.4 Å². The number of para-hydroxylation sites is 1. The molecule has 0 spiro atoms. The molecule has 156 valence electrons. The molecule has 2 fully saturated rings. The van der Waals surface area contributed by atoms with Crippen molar-refractivity contribution in [2.75, 3.05) is 42.6 Å². The first kappa shape index (κ1) is 20.2. The van der Waals surface area contributed by atoms with Gasteiger partial charge in [-0.05, 0) is 18.6 Å². The van der Waals surface area contributed by atoms with Crippen LogP contribution < -0.4 is 4.90 Å². The highest BCUT2D eigenvalue weighted by molar-refractivity contribution is 7.91. The lowest BCUT2D eigenvalue weighted by Crippen LogP contribution is -2.52. The number of anilines is 1. The van der Waals surface area contributed by atoms with Gasteiger partial charge in [0, 0.05) is 39.0 Å². The van der Waals surface area contributed by atoms with Crippen molar-refractivity contribution in [1.29, 1.82) is 0 Å². The second-order valence-corrected chi connectivity index (χ2v) is 10.2. The van der Waals surface area contributed by atoms with Crippen molar-refractivity contribution in [2.45, 2.75) is 25.3 Å². The van der Waals surface area contributed by atoms with Crippen LogP contribution in [0.3, 0.4) is 0 Å². The van der Waals surface area contributed by atoms with Gasteiger partial charge in [-0.25, -0.2) is 13.4 Å². The third kappa shape index (κ3) is 4.25. The van der Waals surface area contributed by atoms with E-state index >= 15 is 0 Å². The highest BCUT2D eigenvalue weighted by Gasteiger charge is 2.38. The van der Waals surface area contributed by atoms with Gasteiger partial charge in [-0.2, -0.15) is 5.10 Å². The van der Waals surface area contributed by atoms with E-state index in [4.69, 9.17) is 11.6 Å². The van der Waals surface area contributed by atoms with E-state index in [1.165, 1.54) is 5.01 Å². The van der Waals surface area contributed by atoms with E-state index < -0.39 is 15.9 Å². The summed E-state index contributed by atoms with van der Waals surface area (Å²) in [6.07, 6.45) is 0.842. The molecule has 1 unspecified atom stereocenters. The molecule has 2 amide bonds. The van der Waals surface area contributed by atoms with Gasteiger partial charge in [0.1, 0.15) is 5.71 Å². The van der Waals surface area contributed by atoms with Crippen molar-refractivity contribution in [3.05, 3.63) is 29.3 Å². The molecule has 0 aliphatic carbocycles. The molecule has 3 aliphatic heterocycles. The van der Waals surface area contributed by atoms with Gasteiger partial charge in [0.05, 0.1) is 28.3 Å². The molecule has 3 heterocycles. The molecular weight excluding hydrogens is 416 g/mol. The second-order valence-electron chi connectivity index (χ2n) is 7.57. The van der Waals surface area contributed by atoms with Crippen molar-refractivity contribution < 1.29 is 18.0 Å². The average molecular weight is 439 g/mol. The number of rotatable bonds is 3. The van der Waals surface area contributed by atoms with Crippen LogP contribution in [0.4, 0.5) is 5.69 Å². The van der Waals surface area contributed by atoms with Gasteiger partial charge in [-0.1, -0.05) is 23.7 Å². The maximum Gasteiger partial charge on any atom is 0.270 e. The molecule has 4 rings (SSSR count). The maximum atomic E-state index is 13.0. The molecule has 0 N–H and O–H groups in total. The summed E-state index contributed by atoms with van der Waals surface area (Å²) in [4.78, 5) is 29.1. The molecule has 0 radical (unpaired) electrons. The smallest absolute Gasteiger partial charge is 0.270 e. The molecular formula is C19H23ClN4O4S. The normalized spacial score (nSPS) is 24.6. The van der Waals surface area contributed by atoms with Crippen LogP contribution in [0.1, 0.15) is 19.3 Å². The summed E-state index contributed by atoms with van der Waals surface area (Å²) in [5.41, 5.74) is 1.29. The number of hydrogen-bond donors (Lipinski definition) is 0. The Morgan fingerprint density at radius 2 is 1.83 bits per heavy atom. The third-order valence-corrected chi connectivity index (χ3v) is 7.69. The predicted octanol–water partition coefficient (Wildman–Crippen LogP) is 1.15. The van der Waals surface area contributed by atoms with Gasteiger partial charge in [-0.15, -0.1) is 0 Å². The SMILES string of the molecule is O=C(C1=NN(C2CCS(=O)(=O)C2)C(=O)CC1)N1CCN(c2ccccc2Cl)CC1. The second kappa shape index (κ2) is 7.95. The summed E-state index contributed by atoms with van der Waals surface area (Å²) in [6, 6.07) is 7.16. The Morgan fingerprint density at radius 1 is 1.10 bits per heavy atom. The van der Waals surface area contributed by atoms with Crippen LogP contribution >= 0.6 is 11.6 Å². The molecule has 8 nitrogen and oxygen atoms in total. The van der Waals surface area contributed by atoms with Crippen LogP contribution in [0.5, 0.6) is 0 Å². The number of amides is 2. The standard InChI is InChI=1S/C19H23ClN4O4S/c20-15-3-1-2-4-17(15)22-8-10-23(11-9-22)19(26)16-5-6-18(25)24(21-16)14-7-12-29(27,28)13-14/h1-4,14H,5-13H2. The summed E-state index contributed by atoms with van der Waals surface area (Å²) < 4.78 is 23.5. The highest BCUT2D eigenvalue weighted by atomic mass is 35.5. The first-order valence-electron chi connectivity index (χ1n) is 9.73. The molecule has 10 heteroatoms. The fourth-order valence-corrected chi connectivity index (χ4v) is 5.97. The van der Waals surface area contributed by atoms with Gasteiger partial charge in [-0.3, -0.25) is 9.59 Å². The minimum Gasteiger partial charge on any atom is -0.367 e. The number of halogens is 1. The molecule has 1 atom stereocenters. The van der Waals surface area contributed by atoms with Crippen molar-refractivity contribution in [3.63, 3.8) is 0 Å². The summed E-state index contributed by atoms with van der Waals surface area (Å²) in [5.74, 6) is -0.417. The quantitative estimate of drug-likeness (QED) is 0.706. The van der Waals surface area contributed by atoms with Crippen molar-refractivity contribution >= 4 is 44.7 Å². The van der Waals surface area contributed by atoms with Gasteiger partial charge in [0.15, 0.2) is 9.84 Å². The van der Waals surface area contributed by atoms with Crippen molar-refractivity contribution in [1.82, 2.24) is 9.91 Å². The van der Waals surface area contributed by atoms with E-state index in [0.717, 1.165) is 5.69 Å². The minimum absolute atomic E-state index is 0.0598. The fraction of sp³-hybridized carbons (Fsp3) is 0.526. The minimum atomic E-state index is -3.14. The number of hydrogen-bond acceptors (Lipinski definition) is 6. The van der Waals surface area contributed by atoms with E-state index in [1.54, 1.807) is 4.90 Å². The summed E-state index contributed by atoms with van der Waals surface area (Å²) in [7, 11) is -3.14. The van der Waals surface area contributed by atoms with Crippen LogP contribution in [0.25, 0.3) is 0 Å². The van der Waals surface area contributed by atoms with Gasteiger partial charge in [0.2, 0.25) is 5.91 Å². The Balaban J connectivity index is 1.42. The van der Waals surface area contributed by atoms with E-state index in [-0.39, 0.29) is 29.7 Å². The molecule has 1 aromatic rings. The number of nitrogens with zero attached hydrogens (tertiary/aromatic N) is 4. The van der Waals surface area contributed by atoms with Gasteiger partial charge < -0.3 is 9.80 Å². The number of hydrazone groups is 1.